The molecule has 1 amide bonds. The minimum Gasteiger partial charge on any atom is -0.497 e. The quantitative estimate of drug-likeness (QED) is 0.193. The van der Waals surface area contributed by atoms with E-state index in [0.29, 0.717) is 21.7 Å². The lowest BCUT2D eigenvalue weighted by Crippen LogP contribution is -2.21. The van der Waals surface area contributed by atoms with Gasteiger partial charge in [-0.3, -0.25) is 9.36 Å². The number of aromatic nitrogens is 3. The number of benzene rings is 3. The standard InChI is InChI=1S/C26H24ClN5O2S/c1-17-4-12-22(13-5-17)32-25(20-6-10-21(27)11-7-20)30-31-26(32)35-16-24(33)29-28-18(2)19-8-14-23(34-3)15-9-19/h4-15H,16H2,1-3H3,(H,29,33)/b28-18+. The molecule has 35 heavy (non-hydrogen) atoms. The van der Waals surface area contributed by atoms with E-state index in [1.807, 2.05) is 91.2 Å². The number of ether oxygens (including phenoxy) is 1. The molecular formula is C26H24ClN5O2S. The Kier molecular flexibility index (Phi) is 7.84. The van der Waals surface area contributed by atoms with Gasteiger partial charge in [0, 0.05) is 16.3 Å². The molecule has 0 bridgehead atoms. The van der Waals surface area contributed by atoms with E-state index in [2.05, 4.69) is 20.7 Å². The molecule has 4 rings (SSSR count). The summed E-state index contributed by atoms with van der Waals surface area (Å²) in [6.07, 6.45) is 0. The summed E-state index contributed by atoms with van der Waals surface area (Å²) >= 11 is 7.35. The maximum absolute atomic E-state index is 12.5. The van der Waals surface area contributed by atoms with Crippen LogP contribution in [0.3, 0.4) is 0 Å². The monoisotopic (exact) mass is 505 g/mol. The Hall–Kier alpha value is -3.62. The van der Waals surface area contributed by atoms with Crippen LogP contribution in [0.25, 0.3) is 17.1 Å². The van der Waals surface area contributed by atoms with Crippen LogP contribution < -0.4 is 10.2 Å². The van der Waals surface area contributed by atoms with Crippen LogP contribution in [0, 0.1) is 6.92 Å². The van der Waals surface area contributed by atoms with E-state index in [0.717, 1.165) is 28.1 Å². The molecule has 0 radical (unpaired) electrons. The number of hydrogen-bond donors (Lipinski definition) is 1. The topological polar surface area (TPSA) is 81.4 Å². The minimum absolute atomic E-state index is 0.129. The number of hydrogen-bond acceptors (Lipinski definition) is 6. The van der Waals surface area contributed by atoms with Crippen LogP contribution in [0.1, 0.15) is 18.1 Å². The lowest BCUT2D eigenvalue weighted by Gasteiger charge is -2.11. The van der Waals surface area contributed by atoms with Crippen LogP contribution in [-0.2, 0) is 4.79 Å². The number of aryl methyl sites for hydroxylation is 1. The molecule has 0 fully saturated rings. The molecule has 178 valence electrons. The fourth-order valence-electron chi connectivity index (χ4n) is 3.28. The van der Waals surface area contributed by atoms with Crippen molar-refractivity contribution in [1.82, 2.24) is 20.2 Å². The number of carbonyl (C=O) groups excluding carboxylic acids is 1. The largest absolute Gasteiger partial charge is 0.497 e. The molecule has 3 aromatic carbocycles. The van der Waals surface area contributed by atoms with Crippen LogP contribution >= 0.6 is 23.4 Å². The van der Waals surface area contributed by atoms with E-state index in [4.69, 9.17) is 16.3 Å². The van der Waals surface area contributed by atoms with Gasteiger partial charge in [0.1, 0.15) is 5.75 Å². The van der Waals surface area contributed by atoms with E-state index in [-0.39, 0.29) is 11.7 Å². The van der Waals surface area contributed by atoms with Crippen LogP contribution in [0.4, 0.5) is 0 Å². The summed E-state index contributed by atoms with van der Waals surface area (Å²) in [4.78, 5) is 12.5. The van der Waals surface area contributed by atoms with Crippen LogP contribution in [0.5, 0.6) is 5.75 Å². The second-order valence-corrected chi connectivity index (χ2v) is 9.11. The number of hydrazone groups is 1. The number of carbonyl (C=O) groups is 1. The van der Waals surface area contributed by atoms with Crippen molar-refractivity contribution >= 4 is 35.0 Å². The zero-order valence-corrected chi connectivity index (χ0v) is 21.1. The Morgan fingerprint density at radius 3 is 2.37 bits per heavy atom. The van der Waals surface area contributed by atoms with E-state index >= 15 is 0 Å². The van der Waals surface area contributed by atoms with Crippen molar-refractivity contribution in [2.75, 3.05) is 12.9 Å². The number of methoxy groups -OCH3 is 1. The number of nitrogens with zero attached hydrogens (tertiary/aromatic N) is 4. The molecule has 0 atom stereocenters. The summed E-state index contributed by atoms with van der Waals surface area (Å²) in [5, 5.41) is 14.2. The molecule has 9 heteroatoms. The van der Waals surface area contributed by atoms with Crippen molar-refractivity contribution in [3.05, 3.63) is 88.9 Å². The lowest BCUT2D eigenvalue weighted by molar-refractivity contribution is -0.118. The zero-order valence-electron chi connectivity index (χ0n) is 19.5. The first-order valence-corrected chi connectivity index (χ1v) is 12.2. The van der Waals surface area contributed by atoms with Gasteiger partial charge in [-0.1, -0.05) is 41.1 Å². The maximum atomic E-state index is 12.5. The number of rotatable bonds is 8. The SMILES string of the molecule is COc1ccc(/C(C)=N/NC(=O)CSc2nnc(-c3ccc(Cl)cc3)n2-c2ccc(C)cc2)cc1. The molecule has 7 nitrogen and oxygen atoms in total. The van der Waals surface area contributed by atoms with Crippen molar-refractivity contribution < 1.29 is 9.53 Å². The Balaban J connectivity index is 1.51. The van der Waals surface area contributed by atoms with Crippen molar-refractivity contribution in [2.24, 2.45) is 5.10 Å². The Labute approximate surface area is 213 Å². The molecular weight excluding hydrogens is 482 g/mol. The first-order chi connectivity index (χ1) is 16.9. The van der Waals surface area contributed by atoms with Gasteiger partial charge in [0.25, 0.3) is 5.91 Å². The highest BCUT2D eigenvalue weighted by Gasteiger charge is 2.17. The van der Waals surface area contributed by atoms with Gasteiger partial charge < -0.3 is 4.74 Å². The van der Waals surface area contributed by atoms with E-state index in [9.17, 15) is 4.79 Å². The van der Waals surface area contributed by atoms with Crippen LogP contribution in [0.2, 0.25) is 5.02 Å². The molecule has 0 saturated carbocycles. The van der Waals surface area contributed by atoms with E-state index < -0.39 is 0 Å². The summed E-state index contributed by atoms with van der Waals surface area (Å²) in [7, 11) is 1.62. The molecule has 4 aromatic rings. The second-order valence-electron chi connectivity index (χ2n) is 7.73. The molecule has 0 unspecified atom stereocenters. The summed E-state index contributed by atoms with van der Waals surface area (Å²) in [5.41, 5.74) is 7.13. The predicted molar refractivity (Wildman–Crippen MR) is 141 cm³/mol. The number of amides is 1. The average molecular weight is 506 g/mol. The van der Waals surface area contributed by atoms with E-state index in [1.165, 1.54) is 11.8 Å². The second kappa shape index (κ2) is 11.2. The van der Waals surface area contributed by atoms with Gasteiger partial charge in [0.05, 0.1) is 18.6 Å². The van der Waals surface area contributed by atoms with Crippen molar-refractivity contribution in [2.45, 2.75) is 19.0 Å². The molecule has 1 heterocycles. The molecule has 0 spiro atoms. The van der Waals surface area contributed by atoms with E-state index in [1.54, 1.807) is 7.11 Å². The summed E-state index contributed by atoms with van der Waals surface area (Å²) in [6.45, 7) is 3.87. The predicted octanol–water partition coefficient (Wildman–Crippen LogP) is 5.54. The van der Waals surface area contributed by atoms with Gasteiger partial charge in [-0.2, -0.15) is 5.10 Å². The highest BCUT2D eigenvalue weighted by atomic mass is 35.5. The lowest BCUT2D eigenvalue weighted by atomic mass is 10.1. The third kappa shape index (κ3) is 6.09. The molecule has 1 aromatic heterocycles. The van der Waals surface area contributed by atoms with Gasteiger partial charge in [0.15, 0.2) is 11.0 Å². The number of nitrogens with one attached hydrogen (secondary N) is 1. The molecule has 0 aliphatic carbocycles. The van der Waals surface area contributed by atoms with Gasteiger partial charge in [-0.25, -0.2) is 5.43 Å². The van der Waals surface area contributed by atoms with Gasteiger partial charge >= 0.3 is 0 Å². The van der Waals surface area contributed by atoms with Crippen LogP contribution in [-0.4, -0.2) is 39.2 Å². The highest BCUT2D eigenvalue weighted by molar-refractivity contribution is 7.99. The van der Waals surface area contributed by atoms with Gasteiger partial charge in [-0.05, 0) is 80.1 Å². The zero-order chi connectivity index (χ0) is 24.8. The third-order valence-corrected chi connectivity index (χ3v) is 6.40. The Morgan fingerprint density at radius 2 is 1.71 bits per heavy atom. The Morgan fingerprint density at radius 1 is 1.03 bits per heavy atom. The fraction of sp³-hybridized carbons (Fsp3) is 0.154. The molecule has 1 N–H and O–H groups in total. The summed E-state index contributed by atoms with van der Waals surface area (Å²) < 4.78 is 7.11. The van der Waals surface area contributed by atoms with Crippen molar-refractivity contribution in [3.8, 4) is 22.8 Å². The van der Waals surface area contributed by atoms with Gasteiger partial charge in [0.2, 0.25) is 0 Å². The van der Waals surface area contributed by atoms with Crippen molar-refractivity contribution in [1.29, 1.82) is 0 Å². The first-order valence-electron chi connectivity index (χ1n) is 10.8. The number of halogens is 1. The van der Waals surface area contributed by atoms with Gasteiger partial charge in [-0.15, -0.1) is 10.2 Å². The van der Waals surface area contributed by atoms with Crippen molar-refractivity contribution in [3.63, 3.8) is 0 Å². The molecule has 0 aliphatic rings. The minimum atomic E-state index is -0.241. The Bertz CT molecular complexity index is 1330. The summed E-state index contributed by atoms with van der Waals surface area (Å²) in [6, 6.07) is 23.0. The number of thioether (sulfide) groups is 1. The normalized spacial score (nSPS) is 11.4. The highest BCUT2D eigenvalue weighted by Crippen LogP contribution is 2.29. The molecule has 0 aliphatic heterocycles. The third-order valence-electron chi connectivity index (χ3n) is 5.22. The first kappa shape index (κ1) is 24.5. The fourth-order valence-corrected chi connectivity index (χ4v) is 4.15. The average Bonchev–Trinajstić information content (AvgIpc) is 3.31. The molecule has 0 saturated heterocycles. The smallest absolute Gasteiger partial charge is 0.250 e. The maximum Gasteiger partial charge on any atom is 0.250 e. The van der Waals surface area contributed by atoms with Crippen LogP contribution in [0.15, 0.2) is 83.1 Å². The summed E-state index contributed by atoms with van der Waals surface area (Å²) in [5.74, 6) is 1.32.